The summed E-state index contributed by atoms with van der Waals surface area (Å²) in [7, 11) is 7.92. The third kappa shape index (κ3) is 11.1. The number of anilines is 1. The zero-order valence-electron chi connectivity index (χ0n) is 34.2. The van der Waals surface area contributed by atoms with Crippen LogP contribution in [0.3, 0.4) is 0 Å². The Hall–Kier alpha value is -6.10. The Morgan fingerprint density at radius 2 is 1.53 bits per heavy atom. The maximum absolute atomic E-state index is 12.8. The van der Waals surface area contributed by atoms with Crippen LogP contribution in [0.25, 0.3) is 33.4 Å². The number of carbonyl (C=O) groups is 5. The van der Waals surface area contributed by atoms with Crippen molar-refractivity contribution >= 4 is 46.1 Å². The molecule has 1 saturated heterocycles. The van der Waals surface area contributed by atoms with E-state index >= 15 is 0 Å². The molecule has 2 heterocycles. The van der Waals surface area contributed by atoms with Gasteiger partial charge in [0.05, 0.1) is 17.7 Å². The fraction of sp³-hybridized carbons (Fsp3) is 0.362. The SMILES string of the molecule is CC(=O)CCCCCCC(=O)N[C@@H](Cc1ccccc1)C(=O)C[C@@H]1C(=O)O[C@@H]1C.CN(C)c1ccc2c(-c3ccccc3C(=O)O)c3ccc(=[N+](C)C)cc-3oc2c1. The second-order valence-corrected chi connectivity index (χ2v) is 15.3. The number of Topliss-reactive ketones (excluding diaryl/α,β-unsaturated/α-hetero) is 2. The Bertz CT molecular complexity index is 2310. The van der Waals surface area contributed by atoms with Crippen molar-refractivity contribution in [3.63, 3.8) is 0 Å². The van der Waals surface area contributed by atoms with Gasteiger partial charge in [-0.25, -0.2) is 9.37 Å². The Balaban J connectivity index is 0.000000221. The number of hydrogen-bond acceptors (Lipinski definition) is 8. The summed E-state index contributed by atoms with van der Waals surface area (Å²) in [5.41, 5.74) is 5.40. The second kappa shape index (κ2) is 19.9. The molecule has 3 aliphatic rings. The number of unbranched alkanes of at least 4 members (excludes halogenated alkanes) is 3. The molecular formula is C47H54N3O8+. The summed E-state index contributed by atoms with van der Waals surface area (Å²) < 4.78 is 13.2. The number of carboxylic acids is 1. The molecule has 0 radical (unpaired) electrons. The molecule has 2 N–H and O–H groups in total. The summed E-state index contributed by atoms with van der Waals surface area (Å²) in [6.07, 6.45) is 4.54. The number of amides is 1. The minimum Gasteiger partial charge on any atom is -0.478 e. The lowest BCUT2D eigenvalue weighted by Gasteiger charge is -2.32. The van der Waals surface area contributed by atoms with Crippen molar-refractivity contribution < 1.29 is 38.2 Å². The van der Waals surface area contributed by atoms with Crippen molar-refractivity contribution in [1.82, 2.24) is 9.89 Å². The average molecular weight is 789 g/mol. The maximum Gasteiger partial charge on any atom is 0.336 e. The third-order valence-corrected chi connectivity index (χ3v) is 10.4. The summed E-state index contributed by atoms with van der Waals surface area (Å²) in [6.45, 7) is 3.36. The van der Waals surface area contributed by atoms with E-state index in [1.807, 2.05) is 117 Å². The van der Waals surface area contributed by atoms with Crippen LogP contribution in [-0.4, -0.2) is 74.9 Å². The fourth-order valence-electron chi connectivity index (χ4n) is 7.06. The van der Waals surface area contributed by atoms with E-state index in [1.54, 1.807) is 26.0 Å². The molecular weight excluding hydrogens is 735 g/mol. The molecule has 6 rings (SSSR count). The van der Waals surface area contributed by atoms with E-state index in [2.05, 4.69) is 5.32 Å². The van der Waals surface area contributed by atoms with E-state index in [1.165, 1.54) is 0 Å². The quantitative estimate of drug-likeness (QED) is 0.0460. The molecule has 0 saturated carbocycles. The van der Waals surface area contributed by atoms with E-state index in [-0.39, 0.29) is 41.5 Å². The van der Waals surface area contributed by atoms with Crippen LogP contribution >= 0.6 is 0 Å². The van der Waals surface area contributed by atoms with Crippen LogP contribution in [0.2, 0.25) is 0 Å². The van der Waals surface area contributed by atoms with Crippen molar-refractivity contribution in [2.24, 2.45) is 5.92 Å². The molecule has 304 valence electrons. The lowest BCUT2D eigenvalue weighted by molar-refractivity contribution is -0.183. The number of carbonyl (C=O) groups excluding carboxylic acids is 4. The van der Waals surface area contributed by atoms with Gasteiger partial charge in [-0.1, -0.05) is 61.4 Å². The molecule has 11 heteroatoms. The minimum atomic E-state index is -0.947. The fourth-order valence-corrected chi connectivity index (χ4v) is 7.06. The number of carboxylic acid groups (broad SMARTS) is 1. The van der Waals surface area contributed by atoms with Gasteiger partial charge in [0.25, 0.3) is 0 Å². The van der Waals surface area contributed by atoms with Gasteiger partial charge in [0.1, 0.15) is 43.2 Å². The van der Waals surface area contributed by atoms with Crippen LogP contribution in [0.4, 0.5) is 5.69 Å². The molecule has 1 aliphatic carbocycles. The van der Waals surface area contributed by atoms with E-state index < -0.39 is 17.9 Å². The highest BCUT2D eigenvalue weighted by Gasteiger charge is 2.41. The van der Waals surface area contributed by atoms with Gasteiger partial charge >= 0.3 is 11.9 Å². The highest BCUT2D eigenvalue weighted by atomic mass is 16.6. The average Bonchev–Trinajstić information content (AvgIpc) is 3.20. The standard InChI is InChI=1S/C24H22N2O3.C23H31NO5/c1-25(2)15-9-11-19-21(13-15)29-22-14-16(26(3)4)10-12-20(22)23(19)17-7-5-6-8-18(17)24(27)28;1-16(25)10-6-3-4-9-13-22(27)24-20(14-18-11-7-5-8-12-18)21(26)15-19-17(2)29-23(19)28/h5-14H,1-4H3;5,7-8,11-12,17,19-20H,3-4,6,9-10,13-15H2,1-2H3,(H,24,27)/p+1/t;17-,19+,20+/m.1/s1. The molecule has 2 aliphatic heterocycles. The van der Waals surface area contributed by atoms with Gasteiger partial charge in [0, 0.05) is 67.7 Å². The van der Waals surface area contributed by atoms with Gasteiger partial charge in [-0.15, -0.1) is 0 Å². The zero-order chi connectivity index (χ0) is 41.9. The van der Waals surface area contributed by atoms with Crippen molar-refractivity contribution in [3.05, 3.63) is 107 Å². The zero-order valence-corrected chi connectivity index (χ0v) is 34.2. The van der Waals surface area contributed by atoms with Crippen LogP contribution in [0.1, 0.15) is 74.7 Å². The van der Waals surface area contributed by atoms with Crippen LogP contribution in [0.5, 0.6) is 0 Å². The highest BCUT2D eigenvalue weighted by molar-refractivity contribution is 6.07. The molecule has 0 spiro atoms. The largest absolute Gasteiger partial charge is 0.478 e. The summed E-state index contributed by atoms with van der Waals surface area (Å²) in [4.78, 5) is 61.6. The Kier molecular flexibility index (Phi) is 14.7. The van der Waals surface area contributed by atoms with Gasteiger partial charge in [-0.3, -0.25) is 14.4 Å². The lowest BCUT2D eigenvalue weighted by Crippen LogP contribution is -2.48. The van der Waals surface area contributed by atoms with Crippen LogP contribution in [0.15, 0.2) is 95.4 Å². The van der Waals surface area contributed by atoms with Crippen LogP contribution < -0.4 is 20.1 Å². The van der Waals surface area contributed by atoms with E-state index in [0.29, 0.717) is 24.8 Å². The number of rotatable bonds is 16. The number of nitrogens with zero attached hydrogens (tertiary/aromatic N) is 2. The second-order valence-electron chi connectivity index (χ2n) is 15.3. The predicted molar refractivity (Wildman–Crippen MR) is 226 cm³/mol. The number of nitrogens with one attached hydrogen (secondary N) is 1. The molecule has 0 bridgehead atoms. The first-order valence-corrected chi connectivity index (χ1v) is 19.8. The predicted octanol–water partition coefficient (Wildman–Crippen LogP) is 7.16. The first kappa shape index (κ1) is 43.0. The Morgan fingerprint density at radius 1 is 0.845 bits per heavy atom. The van der Waals surface area contributed by atoms with Crippen molar-refractivity contribution in [2.75, 3.05) is 33.1 Å². The molecule has 3 atom stereocenters. The van der Waals surface area contributed by atoms with Gasteiger partial charge < -0.3 is 29.3 Å². The van der Waals surface area contributed by atoms with Gasteiger partial charge in [0.15, 0.2) is 5.78 Å². The number of aromatic carboxylic acids is 1. The number of benzene rings is 4. The normalized spacial score (nSPS) is 15.0. The molecule has 0 unspecified atom stereocenters. The Labute approximate surface area is 339 Å². The van der Waals surface area contributed by atoms with Crippen LogP contribution in [-0.2, 0) is 30.3 Å². The molecule has 11 nitrogen and oxygen atoms in total. The minimum absolute atomic E-state index is 0.0861. The third-order valence-electron chi connectivity index (χ3n) is 10.4. The number of ketones is 2. The topological polar surface area (TPSA) is 146 Å². The number of cyclic esters (lactones) is 1. The first-order chi connectivity index (χ1) is 27.7. The number of ether oxygens (including phenoxy) is 1. The summed E-state index contributed by atoms with van der Waals surface area (Å²) in [5.74, 6) is -1.10. The summed E-state index contributed by atoms with van der Waals surface area (Å²) >= 11 is 0. The molecule has 1 amide bonds. The van der Waals surface area contributed by atoms with Crippen LogP contribution in [0, 0.1) is 5.92 Å². The van der Waals surface area contributed by atoms with Gasteiger partial charge in [0.2, 0.25) is 11.3 Å². The van der Waals surface area contributed by atoms with Crippen molar-refractivity contribution in [3.8, 4) is 22.5 Å². The summed E-state index contributed by atoms with van der Waals surface area (Å²) in [6, 6.07) is 28.0. The lowest BCUT2D eigenvalue weighted by atomic mass is 9.88. The Morgan fingerprint density at radius 3 is 2.17 bits per heavy atom. The smallest absolute Gasteiger partial charge is 0.336 e. The molecule has 1 fully saturated rings. The monoisotopic (exact) mass is 788 g/mol. The van der Waals surface area contributed by atoms with Crippen molar-refractivity contribution in [1.29, 1.82) is 0 Å². The van der Waals surface area contributed by atoms with E-state index in [0.717, 1.165) is 70.1 Å². The molecule has 0 aromatic heterocycles. The number of hydrogen-bond donors (Lipinski definition) is 2. The molecule has 3 aromatic rings. The highest BCUT2D eigenvalue weighted by Crippen LogP contribution is 2.42. The maximum atomic E-state index is 12.8. The number of fused-ring (bicyclic) bond motifs is 2. The molecule has 58 heavy (non-hydrogen) atoms. The number of esters is 1. The van der Waals surface area contributed by atoms with Gasteiger partial charge in [-0.2, -0.15) is 0 Å². The van der Waals surface area contributed by atoms with E-state index in [4.69, 9.17) is 9.15 Å². The van der Waals surface area contributed by atoms with Crippen molar-refractivity contribution in [2.45, 2.75) is 77.4 Å². The van der Waals surface area contributed by atoms with Gasteiger partial charge in [-0.05, 0) is 68.5 Å². The molecule has 3 aromatic carbocycles. The van der Waals surface area contributed by atoms with E-state index in [9.17, 15) is 29.1 Å². The first-order valence-electron chi connectivity index (χ1n) is 19.8. The summed E-state index contributed by atoms with van der Waals surface area (Å²) in [5, 5.41) is 14.5.